The molecule has 0 saturated carbocycles. The van der Waals surface area contributed by atoms with E-state index in [2.05, 4.69) is 15.2 Å². The summed E-state index contributed by atoms with van der Waals surface area (Å²) in [5, 5.41) is 12.3. The highest BCUT2D eigenvalue weighted by Crippen LogP contribution is 2.16. The summed E-state index contributed by atoms with van der Waals surface area (Å²) < 4.78 is 13.2. The highest BCUT2D eigenvalue weighted by Gasteiger charge is 2.15. The fourth-order valence-electron chi connectivity index (χ4n) is 2.10. The van der Waals surface area contributed by atoms with Gasteiger partial charge in [0.15, 0.2) is 17.5 Å². The van der Waals surface area contributed by atoms with Gasteiger partial charge in [-0.15, -0.1) is 24.0 Å². The molecule has 1 aromatic rings. The van der Waals surface area contributed by atoms with Crippen molar-refractivity contribution in [3.63, 3.8) is 0 Å². The predicted molar refractivity (Wildman–Crippen MR) is 84.5 cm³/mol. The van der Waals surface area contributed by atoms with Crippen LogP contribution in [0.25, 0.3) is 0 Å². The van der Waals surface area contributed by atoms with Gasteiger partial charge >= 0.3 is 0 Å². The van der Waals surface area contributed by atoms with Gasteiger partial charge in [-0.1, -0.05) is 6.07 Å². The maximum atomic E-state index is 13.2. The summed E-state index contributed by atoms with van der Waals surface area (Å²) in [6.45, 7) is 2.54. The van der Waals surface area contributed by atoms with E-state index in [4.69, 9.17) is 5.11 Å². The summed E-state index contributed by atoms with van der Waals surface area (Å²) in [6.07, 6.45) is 2.38. The van der Waals surface area contributed by atoms with E-state index < -0.39 is 5.82 Å². The lowest BCUT2D eigenvalue weighted by Gasteiger charge is -2.20. The molecule has 1 aromatic carbocycles. The highest BCUT2D eigenvalue weighted by molar-refractivity contribution is 14.0. The normalized spacial score (nSPS) is 15.3. The van der Waals surface area contributed by atoms with Gasteiger partial charge in [0.25, 0.3) is 0 Å². The van der Waals surface area contributed by atoms with E-state index in [9.17, 15) is 4.39 Å². The number of hydrogen-bond acceptors (Lipinski definition) is 2. The first-order valence-electron chi connectivity index (χ1n) is 6.13. The van der Waals surface area contributed by atoms with E-state index in [1.54, 1.807) is 13.1 Å². The van der Waals surface area contributed by atoms with Gasteiger partial charge in [-0.2, -0.15) is 0 Å². The van der Waals surface area contributed by atoms with Crippen molar-refractivity contribution in [2.45, 2.75) is 19.4 Å². The van der Waals surface area contributed by atoms with Gasteiger partial charge in [-0.25, -0.2) is 4.39 Å². The maximum Gasteiger partial charge on any atom is 0.193 e. The Hall–Kier alpha value is -1.05. The van der Waals surface area contributed by atoms with Crippen LogP contribution in [0.2, 0.25) is 0 Å². The van der Waals surface area contributed by atoms with Gasteiger partial charge in [-0.3, -0.25) is 4.99 Å². The fraction of sp³-hybridized carbons (Fsp3) is 0.462. The molecule has 0 aliphatic carbocycles. The molecule has 1 aliphatic rings. The number of nitrogens with one attached hydrogen (secondary N) is 1. The van der Waals surface area contributed by atoms with E-state index in [0.29, 0.717) is 6.54 Å². The summed E-state index contributed by atoms with van der Waals surface area (Å²) in [5.41, 5.74) is 0.783. The quantitative estimate of drug-likeness (QED) is 0.471. The second-order valence-electron chi connectivity index (χ2n) is 4.38. The first-order valence-corrected chi connectivity index (χ1v) is 6.13. The predicted octanol–water partition coefficient (Wildman–Crippen LogP) is 2.32. The number of nitrogens with zero attached hydrogens (tertiary/aromatic N) is 2. The third-order valence-corrected chi connectivity index (χ3v) is 3.08. The maximum absolute atomic E-state index is 13.2. The number of benzene rings is 1. The number of aromatic hydroxyl groups is 1. The SMILES string of the molecule is CN=C(NCc1ccc(O)c(F)c1)N1CCCC1.I. The Bertz CT molecular complexity index is 448. The second kappa shape index (κ2) is 7.52. The first-order chi connectivity index (χ1) is 8.70. The van der Waals surface area contributed by atoms with Crippen molar-refractivity contribution in [1.82, 2.24) is 10.2 Å². The smallest absolute Gasteiger partial charge is 0.193 e. The van der Waals surface area contributed by atoms with Crippen molar-refractivity contribution in [2.75, 3.05) is 20.1 Å². The molecule has 1 fully saturated rings. The Morgan fingerprint density at radius 1 is 1.42 bits per heavy atom. The number of halogens is 2. The molecule has 4 nitrogen and oxygen atoms in total. The lowest BCUT2D eigenvalue weighted by molar-refractivity contribution is 0.431. The highest BCUT2D eigenvalue weighted by atomic mass is 127. The first kappa shape index (κ1) is 16.0. The lowest BCUT2D eigenvalue weighted by Crippen LogP contribution is -2.39. The van der Waals surface area contributed by atoms with Crippen LogP contribution in [0, 0.1) is 5.82 Å². The van der Waals surface area contributed by atoms with Crippen molar-refractivity contribution in [2.24, 2.45) is 4.99 Å². The fourth-order valence-corrected chi connectivity index (χ4v) is 2.10. The van der Waals surface area contributed by atoms with Crippen LogP contribution in [0.5, 0.6) is 5.75 Å². The van der Waals surface area contributed by atoms with E-state index in [1.165, 1.54) is 25.0 Å². The van der Waals surface area contributed by atoms with E-state index in [-0.39, 0.29) is 29.7 Å². The van der Waals surface area contributed by atoms with Crippen LogP contribution in [0.1, 0.15) is 18.4 Å². The molecule has 106 valence electrons. The van der Waals surface area contributed by atoms with Crippen molar-refractivity contribution >= 4 is 29.9 Å². The summed E-state index contributed by atoms with van der Waals surface area (Å²) in [7, 11) is 1.75. The van der Waals surface area contributed by atoms with Crippen LogP contribution in [0.3, 0.4) is 0 Å². The van der Waals surface area contributed by atoms with Gasteiger partial charge < -0.3 is 15.3 Å². The summed E-state index contributed by atoms with van der Waals surface area (Å²) in [6, 6.07) is 4.40. The Morgan fingerprint density at radius 2 is 2.11 bits per heavy atom. The molecule has 0 amide bonds. The van der Waals surface area contributed by atoms with Crippen molar-refractivity contribution in [1.29, 1.82) is 0 Å². The molecule has 0 bridgehead atoms. The molecule has 1 aliphatic heterocycles. The van der Waals surface area contributed by atoms with Gasteiger partial charge in [0.1, 0.15) is 0 Å². The summed E-state index contributed by atoms with van der Waals surface area (Å²) >= 11 is 0. The molecule has 2 N–H and O–H groups in total. The molecule has 2 rings (SSSR count). The van der Waals surface area contributed by atoms with Crippen LogP contribution >= 0.6 is 24.0 Å². The van der Waals surface area contributed by atoms with Gasteiger partial charge in [0.05, 0.1) is 0 Å². The van der Waals surface area contributed by atoms with E-state index >= 15 is 0 Å². The number of phenols is 1. The molecule has 19 heavy (non-hydrogen) atoms. The Kier molecular flexibility index (Phi) is 6.33. The molecule has 6 heteroatoms. The van der Waals surface area contributed by atoms with Crippen molar-refractivity contribution in [3.05, 3.63) is 29.6 Å². The van der Waals surface area contributed by atoms with Crippen LogP contribution in [0.4, 0.5) is 4.39 Å². The van der Waals surface area contributed by atoms with E-state index in [1.807, 2.05) is 0 Å². The average molecular weight is 379 g/mol. The zero-order valence-electron chi connectivity index (χ0n) is 10.9. The Labute approximate surface area is 129 Å². The van der Waals surface area contributed by atoms with Gasteiger partial charge in [-0.05, 0) is 30.5 Å². The molecule has 0 unspecified atom stereocenters. The standard InChI is InChI=1S/C13H18FN3O.HI/c1-15-13(17-6-2-3-7-17)16-9-10-4-5-12(18)11(14)8-10;/h4-5,8,18H,2-3,6-7,9H2,1H3,(H,15,16);1H. The third-order valence-electron chi connectivity index (χ3n) is 3.08. The lowest BCUT2D eigenvalue weighted by atomic mass is 10.2. The molecule has 0 atom stereocenters. The largest absolute Gasteiger partial charge is 0.505 e. The van der Waals surface area contributed by atoms with Crippen LogP contribution < -0.4 is 5.32 Å². The van der Waals surface area contributed by atoms with Crippen LogP contribution in [-0.4, -0.2) is 36.1 Å². The molecule has 0 spiro atoms. The zero-order chi connectivity index (χ0) is 13.0. The molecular weight excluding hydrogens is 360 g/mol. The number of rotatable bonds is 2. The minimum absolute atomic E-state index is 0. The van der Waals surface area contributed by atoms with Gasteiger partial charge in [0, 0.05) is 26.7 Å². The molecule has 0 radical (unpaired) electrons. The van der Waals surface area contributed by atoms with Gasteiger partial charge in [0.2, 0.25) is 0 Å². The molecule has 0 aromatic heterocycles. The third kappa shape index (κ3) is 4.22. The zero-order valence-corrected chi connectivity index (χ0v) is 13.2. The summed E-state index contributed by atoms with van der Waals surface area (Å²) in [4.78, 5) is 6.40. The summed E-state index contributed by atoms with van der Waals surface area (Å²) in [5.74, 6) is -0.0610. The topological polar surface area (TPSA) is 47.9 Å². The number of hydrogen-bond donors (Lipinski definition) is 2. The molecule has 1 saturated heterocycles. The molecule has 1 heterocycles. The second-order valence-corrected chi connectivity index (χ2v) is 4.38. The van der Waals surface area contributed by atoms with Crippen molar-refractivity contribution < 1.29 is 9.50 Å². The Morgan fingerprint density at radius 3 is 2.68 bits per heavy atom. The minimum Gasteiger partial charge on any atom is -0.505 e. The van der Waals surface area contributed by atoms with Crippen LogP contribution in [0.15, 0.2) is 23.2 Å². The number of guanidine groups is 1. The molecular formula is C13H19FIN3O. The monoisotopic (exact) mass is 379 g/mol. The Balaban J connectivity index is 0.00000180. The van der Waals surface area contributed by atoms with Crippen LogP contribution in [-0.2, 0) is 6.54 Å². The number of likely N-dealkylation sites (tertiary alicyclic amines) is 1. The minimum atomic E-state index is -0.592. The number of aliphatic imine (C=N–C) groups is 1. The van der Waals surface area contributed by atoms with Crippen molar-refractivity contribution in [3.8, 4) is 5.75 Å². The number of phenolic OH excluding ortho intramolecular Hbond substituents is 1. The van der Waals surface area contributed by atoms with E-state index in [0.717, 1.165) is 24.6 Å². The average Bonchev–Trinajstić information content (AvgIpc) is 2.88.